The summed E-state index contributed by atoms with van der Waals surface area (Å²) >= 11 is 12.6. The minimum atomic E-state index is -3.40. The summed E-state index contributed by atoms with van der Waals surface area (Å²) in [6.45, 7) is 8.26. The van der Waals surface area contributed by atoms with E-state index < -0.39 is 24.0 Å². The second-order valence-electron chi connectivity index (χ2n) is 10.2. The van der Waals surface area contributed by atoms with Gasteiger partial charge in [0.25, 0.3) is 5.91 Å². The molecule has 0 atom stereocenters. The maximum atomic E-state index is 13.1. The van der Waals surface area contributed by atoms with E-state index in [4.69, 9.17) is 32.7 Å². The normalized spacial score (nSPS) is 15.0. The summed E-state index contributed by atoms with van der Waals surface area (Å²) < 4.78 is 39.1. The Labute approximate surface area is 233 Å². The van der Waals surface area contributed by atoms with E-state index in [2.05, 4.69) is 30.1 Å². The van der Waals surface area contributed by atoms with Gasteiger partial charge in [-0.3, -0.25) is 9.10 Å². The number of sulfonamides is 1. The molecule has 1 aliphatic rings. The monoisotopic (exact) mass is 596 g/mol. The van der Waals surface area contributed by atoms with Crippen LogP contribution in [0, 0.1) is 0 Å². The van der Waals surface area contributed by atoms with Crippen molar-refractivity contribution in [2.75, 3.05) is 28.5 Å². The van der Waals surface area contributed by atoms with Gasteiger partial charge in [0.2, 0.25) is 10.0 Å². The Kier molecular flexibility index (Phi) is 8.73. The van der Waals surface area contributed by atoms with Crippen LogP contribution in [0.5, 0.6) is 11.5 Å². The van der Waals surface area contributed by atoms with Crippen molar-refractivity contribution < 1.29 is 22.7 Å². The maximum Gasteiger partial charge on any atom is 0.257 e. The molecule has 3 aromatic rings. The topological polar surface area (TPSA) is 103 Å². The highest BCUT2D eigenvalue weighted by Crippen LogP contribution is 2.31. The third kappa shape index (κ3) is 7.51. The van der Waals surface area contributed by atoms with Gasteiger partial charge in [-0.1, -0.05) is 42.8 Å². The molecule has 1 saturated heterocycles. The number of amides is 1. The number of ether oxygens (including phenoxy) is 2. The van der Waals surface area contributed by atoms with Crippen LogP contribution in [0.25, 0.3) is 0 Å². The molecule has 0 spiro atoms. The number of benzene rings is 2. The van der Waals surface area contributed by atoms with Crippen molar-refractivity contribution >= 4 is 58.6 Å². The Morgan fingerprint density at radius 3 is 2.63 bits per heavy atom. The first-order valence-corrected chi connectivity index (χ1v) is 18.2. The van der Waals surface area contributed by atoms with Crippen molar-refractivity contribution in [1.29, 1.82) is 0 Å². The van der Waals surface area contributed by atoms with Gasteiger partial charge < -0.3 is 14.8 Å². The fraction of sp³-hybridized carbons (Fsp3) is 0.360. The Hall–Kier alpha value is -2.57. The summed E-state index contributed by atoms with van der Waals surface area (Å²) in [5, 5.41) is 7.56. The predicted molar refractivity (Wildman–Crippen MR) is 153 cm³/mol. The van der Waals surface area contributed by atoms with E-state index in [-0.39, 0.29) is 16.3 Å². The van der Waals surface area contributed by atoms with E-state index in [1.165, 1.54) is 16.4 Å². The molecule has 38 heavy (non-hydrogen) atoms. The molecule has 1 N–H and O–H groups in total. The lowest BCUT2D eigenvalue weighted by molar-refractivity contribution is 0.0784. The minimum absolute atomic E-state index is 0.0764. The van der Waals surface area contributed by atoms with Gasteiger partial charge in [0, 0.05) is 38.0 Å². The lowest BCUT2D eigenvalue weighted by Crippen LogP contribution is -2.25. The first-order valence-electron chi connectivity index (χ1n) is 12.1. The van der Waals surface area contributed by atoms with Gasteiger partial charge in [-0.05, 0) is 42.8 Å². The van der Waals surface area contributed by atoms with Crippen LogP contribution >= 0.6 is 23.2 Å². The summed E-state index contributed by atoms with van der Waals surface area (Å²) in [5.74, 6) is 0.452. The van der Waals surface area contributed by atoms with Crippen LogP contribution in [0.4, 0.5) is 11.4 Å². The lowest BCUT2D eigenvalue weighted by Gasteiger charge is -2.18. The Morgan fingerprint density at radius 2 is 1.92 bits per heavy atom. The smallest absolute Gasteiger partial charge is 0.257 e. The number of nitrogens with one attached hydrogen (secondary N) is 1. The largest absolute Gasteiger partial charge is 0.454 e. The summed E-state index contributed by atoms with van der Waals surface area (Å²) in [6.07, 6.45) is 3.81. The Balaban J connectivity index is 1.43. The van der Waals surface area contributed by atoms with Gasteiger partial charge in [-0.25, -0.2) is 13.1 Å². The van der Waals surface area contributed by atoms with Crippen LogP contribution in [0.15, 0.2) is 48.8 Å². The molecule has 4 rings (SSSR count). The highest BCUT2D eigenvalue weighted by atomic mass is 35.5. The zero-order chi connectivity index (χ0) is 27.5. The molecule has 2 heterocycles. The molecule has 0 radical (unpaired) electrons. The van der Waals surface area contributed by atoms with E-state index in [9.17, 15) is 13.2 Å². The number of carbonyl (C=O) groups excluding carboxylic acids is 1. The van der Waals surface area contributed by atoms with Gasteiger partial charge in [-0.2, -0.15) is 5.10 Å². The van der Waals surface area contributed by atoms with E-state index in [0.717, 1.165) is 6.04 Å². The Bertz CT molecular complexity index is 1430. The van der Waals surface area contributed by atoms with Crippen LogP contribution < -0.4 is 14.4 Å². The zero-order valence-electron chi connectivity index (χ0n) is 21.4. The fourth-order valence-electron chi connectivity index (χ4n) is 3.80. The molecule has 204 valence electrons. The van der Waals surface area contributed by atoms with Crippen molar-refractivity contribution in [3.05, 3.63) is 64.4 Å². The molecule has 2 aromatic carbocycles. The van der Waals surface area contributed by atoms with E-state index in [1.807, 2.05) is 0 Å². The van der Waals surface area contributed by atoms with Gasteiger partial charge in [0.05, 0.1) is 34.4 Å². The lowest BCUT2D eigenvalue weighted by atomic mass is 10.1. The first kappa shape index (κ1) is 28.4. The van der Waals surface area contributed by atoms with Crippen LogP contribution in [-0.4, -0.2) is 51.1 Å². The molecule has 1 amide bonds. The third-order valence-corrected chi connectivity index (χ3v) is 9.90. The van der Waals surface area contributed by atoms with Gasteiger partial charge >= 0.3 is 0 Å². The molecule has 9 nitrogen and oxygen atoms in total. The maximum absolute atomic E-state index is 13.1. The molecule has 0 aliphatic carbocycles. The fourth-order valence-corrected chi connectivity index (χ4v) is 6.55. The first-order chi connectivity index (χ1) is 17.9. The average Bonchev–Trinajstić information content (AvgIpc) is 3.41. The van der Waals surface area contributed by atoms with Crippen molar-refractivity contribution in [1.82, 2.24) is 9.78 Å². The van der Waals surface area contributed by atoms with Gasteiger partial charge in [-0.15, -0.1) is 0 Å². The van der Waals surface area contributed by atoms with Crippen molar-refractivity contribution in [3.63, 3.8) is 0 Å². The molecule has 1 aliphatic heterocycles. The highest BCUT2D eigenvalue weighted by molar-refractivity contribution is 7.93. The van der Waals surface area contributed by atoms with E-state index in [1.54, 1.807) is 41.3 Å². The minimum Gasteiger partial charge on any atom is -0.454 e. The second-order valence-corrected chi connectivity index (χ2v) is 18.7. The second kappa shape index (κ2) is 11.7. The zero-order valence-corrected chi connectivity index (χ0v) is 24.7. The SMILES string of the molecule is C[Si](C)(C)CCOCn1cc(Oc2cc(Cl)cc(NC(=O)c3cc(N4CCCS4(=O)=O)ccc3Cl)c2)cn1. The molecule has 0 unspecified atom stereocenters. The van der Waals surface area contributed by atoms with E-state index in [0.29, 0.717) is 54.2 Å². The van der Waals surface area contributed by atoms with Gasteiger partial charge in [0.1, 0.15) is 12.5 Å². The number of hydrogen-bond acceptors (Lipinski definition) is 6. The summed E-state index contributed by atoms with van der Waals surface area (Å²) in [6, 6.07) is 10.5. The number of rotatable bonds is 10. The van der Waals surface area contributed by atoms with Crippen LogP contribution in [0.1, 0.15) is 16.8 Å². The van der Waals surface area contributed by atoms with Crippen molar-refractivity contribution in [3.8, 4) is 11.5 Å². The molecule has 0 bridgehead atoms. The van der Waals surface area contributed by atoms with Crippen LogP contribution in [-0.2, 0) is 21.5 Å². The number of hydrogen-bond donors (Lipinski definition) is 1. The van der Waals surface area contributed by atoms with Gasteiger partial charge in [0.15, 0.2) is 5.75 Å². The number of halogens is 2. The van der Waals surface area contributed by atoms with E-state index >= 15 is 0 Å². The highest BCUT2D eigenvalue weighted by Gasteiger charge is 2.29. The third-order valence-electron chi connectivity index (χ3n) is 5.78. The van der Waals surface area contributed by atoms with Crippen molar-refractivity contribution in [2.24, 2.45) is 0 Å². The quantitative estimate of drug-likeness (QED) is 0.224. The summed E-state index contributed by atoms with van der Waals surface area (Å²) in [5.41, 5.74) is 0.924. The Morgan fingerprint density at radius 1 is 1.13 bits per heavy atom. The van der Waals surface area contributed by atoms with Crippen LogP contribution in [0.2, 0.25) is 35.7 Å². The number of nitrogens with zero attached hydrogens (tertiary/aromatic N) is 3. The molecule has 0 saturated carbocycles. The van der Waals surface area contributed by atoms with Crippen molar-refractivity contribution in [2.45, 2.75) is 38.8 Å². The standard InChI is InChI=1S/C25H30Cl2N4O5SSi/c1-38(2,3)10-8-35-17-30-16-22(15-28-30)36-21-12-18(26)11-19(13-21)29-25(32)23-14-20(5-6-24(23)27)31-7-4-9-37(31,33)34/h5-6,11-16H,4,7-10,17H2,1-3H3,(H,29,32). The predicted octanol–water partition coefficient (Wildman–Crippen LogP) is 6.09. The molecule has 1 aromatic heterocycles. The summed E-state index contributed by atoms with van der Waals surface area (Å²) in [4.78, 5) is 13.1. The molecular weight excluding hydrogens is 567 g/mol. The number of anilines is 2. The average molecular weight is 598 g/mol. The number of carbonyl (C=O) groups is 1. The summed E-state index contributed by atoms with van der Waals surface area (Å²) in [7, 11) is -4.55. The van der Waals surface area contributed by atoms with Crippen LogP contribution in [0.3, 0.4) is 0 Å². The molecular formula is C25H30Cl2N4O5SSi. The molecule has 1 fully saturated rings. The molecule has 13 heteroatoms. The number of aromatic nitrogens is 2.